The number of benzene rings is 1. The fourth-order valence-electron chi connectivity index (χ4n) is 1.93. The van der Waals surface area contributed by atoms with E-state index in [1.807, 2.05) is 0 Å². The minimum Gasteiger partial charge on any atom is -0.496 e. The third-order valence-electron chi connectivity index (χ3n) is 3.09. The smallest absolute Gasteiger partial charge is 0.243 e. The van der Waals surface area contributed by atoms with Crippen molar-refractivity contribution >= 4 is 10.0 Å². The molecule has 0 atom stereocenters. The van der Waals surface area contributed by atoms with Crippen molar-refractivity contribution in [1.29, 1.82) is 0 Å². The number of hydrogen-bond acceptors (Lipinski definition) is 5. The Morgan fingerprint density at radius 3 is 2.67 bits per heavy atom. The van der Waals surface area contributed by atoms with Crippen molar-refractivity contribution in [3.8, 4) is 5.75 Å². The maximum Gasteiger partial charge on any atom is 0.243 e. The summed E-state index contributed by atoms with van der Waals surface area (Å²) in [6.07, 6.45) is 1.49. The molecule has 0 saturated heterocycles. The van der Waals surface area contributed by atoms with Gasteiger partial charge in [-0.1, -0.05) is 0 Å². The topological polar surface area (TPSA) is 80.0 Å². The molecule has 0 radical (unpaired) electrons. The summed E-state index contributed by atoms with van der Waals surface area (Å²) in [5.74, 6) is 1.00. The highest BCUT2D eigenvalue weighted by Crippen LogP contribution is 2.24. The molecule has 0 saturated carbocycles. The van der Waals surface area contributed by atoms with Crippen LogP contribution in [-0.4, -0.2) is 32.0 Å². The van der Waals surface area contributed by atoms with Gasteiger partial charge in [0.2, 0.25) is 10.0 Å². The molecule has 2 aromatic rings. The van der Waals surface area contributed by atoms with E-state index in [9.17, 15) is 13.5 Å². The lowest BCUT2D eigenvalue weighted by Gasteiger charge is -2.17. The van der Waals surface area contributed by atoms with E-state index in [0.29, 0.717) is 17.1 Å². The Hall–Kier alpha value is -1.83. The van der Waals surface area contributed by atoms with E-state index in [1.54, 1.807) is 12.1 Å². The van der Waals surface area contributed by atoms with Crippen molar-refractivity contribution in [2.24, 2.45) is 0 Å². The van der Waals surface area contributed by atoms with Crippen molar-refractivity contribution in [2.75, 3.05) is 14.2 Å². The van der Waals surface area contributed by atoms with Gasteiger partial charge in [-0.25, -0.2) is 8.42 Å². The van der Waals surface area contributed by atoms with Crippen LogP contribution in [0.2, 0.25) is 0 Å². The third kappa shape index (κ3) is 3.26. The lowest BCUT2D eigenvalue weighted by molar-refractivity contribution is 0.273. The second kappa shape index (κ2) is 6.30. The van der Waals surface area contributed by atoms with Crippen molar-refractivity contribution < 1.29 is 22.7 Å². The molecule has 0 amide bonds. The van der Waals surface area contributed by atoms with E-state index in [2.05, 4.69) is 0 Å². The third-order valence-corrected chi connectivity index (χ3v) is 4.89. The maximum absolute atomic E-state index is 12.5. The van der Waals surface area contributed by atoms with Crippen LogP contribution in [0.3, 0.4) is 0 Å². The van der Waals surface area contributed by atoms with Crippen LogP contribution in [0, 0.1) is 0 Å². The summed E-state index contributed by atoms with van der Waals surface area (Å²) in [5, 5.41) is 9.28. The monoisotopic (exact) mass is 311 g/mol. The van der Waals surface area contributed by atoms with Gasteiger partial charge in [-0.3, -0.25) is 0 Å². The predicted octanol–water partition coefficient (Wildman–Crippen LogP) is 1.60. The minimum atomic E-state index is -3.67. The lowest BCUT2D eigenvalue weighted by atomic mass is 10.2. The molecule has 0 aliphatic heterocycles. The van der Waals surface area contributed by atoms with E-state index in [4.69, 9.17) is 9.15 Å². The summed E-state index contributed by atoms with van der Waals surface area (Å²) in [7, 11) is -0.729. The molecule has 0 unspecified atom stereocenters. The Balaban J connectivity index is 2.30. The number of aliphatic hydroxyl groups excluding tert-OH is 1. The highest BCUT2D eigenvalue weighted by molar-refractivity contribution is 7.89. The van der Waals surface area contributed by atoms with Gasteiger partial charge in [0, 0.05) is 12.6 Å². The van der Waals surface area contributed by atoms with Gasteiger partial charge in [0.15, 0.2) is 0 Å². The standard InChI is InChI=1S/C14H17NO5S/c1-15(9-12-4-3-7-20-12)21(17,18)13-5-6-14(19-2)11(8-13)10-16/h3-8,16H,9-10H2,1-2H3. The van der Waals surface area contributed by atoms with Gasteiger partial charge >= 0.3 is 0 Å². The first kappa shape index (κ1) is 15.6. The van der Waals surface area contributed by atoms with Gasteiger partial charge < -0.3 is 14.3 Å². The number of ether oxygens (including phenoxy) is 1. The Morgan fingerprint density at radius 2 is 2.10 bits per heavy atom. The normalized spacial score (nSPS) is 11.8. The SMILES string of the molecule is COc1ccc(S(=O)(=O)N(C)Cc2ccco2)cc1CO. The first-order valence-corrected chi connectivity index (χ1v) is 7.69. The first-order valence-electron chi connectivity index (χ1n) is 6.25. The highest BCUT2D eigenvalue weighted by atomic mass is 32.2. The van der Waals surface area contributed by atoms with Crippen molar-refractivity contribution in [3.63, 3.8) is 0 Å². The zero-order chi connectivity index (χ0) is 15.5. The summed E-state index contributed by atoms with van der Waals surface area (Å²) < 4.78 is 36.4. The molecule has 1 aromatic carbocycles. The molecule has 0 aliphatic carbocycles. The van der Waals surface area contributed by atoms with Gasteiger partial charge in [0.25, 0.3) is 0 Å². The summed E-state index contributed by atoms with van der Waals surface area (Å²) in [5.41, 5.74) is 0.421. The van der Waals surface area contributed by atoms with Gasteiger partial charge in [0.05, 0.1) is 31.4 Å². The number of furan rings is 1. The van der Waals surface area contributed by atoms with Crippen molar-refractivity contribution in [2.45, 2.75) is 18.0 Å². The van der Waals surface area contributed by atoms with Gasteiger partial charge in [-0.2, -0.15) is 4.31 Å². The molecule has 0 bridgehead atoms. The number of sulfonamides is 1. The van der Waals surface area contributed by atoms with Crippen LogP contribution < -0.4 is 4.74 Å². The quantitative estimate of drug-likeness (QED) is 0.876. The molecule has 1 N–H and O–H groups in total. The maximum atomic E-state index is 12.5. The summed E-state index contributed by atoms with van der Waals surface area (Å²) in [4.78, 5) is 0.0985. The zero-order valence-corrected chi connectivity index (χ0v) is 12.6. The van der Waals surface area contributed by atoms with Crippen molar-refractivity contribution in [3.05, 3.63) is 47.9 Å². The Bertz CT molecular complexity index is 694. The van der Waals surface area contributed by atoms with Crippen LogP contribution >= 0.6 is 0 Å². The van der Waals surface area contributed by atoms with E-state index in [1.165, 1.54) is 42.9 Å². The molecule has 2 rings (SSSR count). The molecule has 0 aliphatic rings. The molecule has 0 spiro atoms. The number of methoxy groups -OCH3 is 1. The Morgan fingerprint density at radius 1 is 1.33 bits per heavy atom. The minimum absolute atomic E-state index is 0.0985. The van der Waals surface area contributed by atoms with Gasteiger partial charge in [-0.15, -0.1) is 0 Å². The van der Waals surface area contributed by atoms with Crippen LogP contribution in [-0.2, 0) is 23.2 Å². The molecule has 0 fully saturated rings. The fraction of sp³-hybridized carbons (Fsp3) is 0.286. The molecular formula is C14H17NO5S. The largest absolute Gasteiger partial charge is 0.496 e. The molecular weight excluding hydrogens is 294 g/mol. The van der Waals surface area contributed by atoms with Crippen LogP contribution in [0.1, 0.15) is 11.3 Å². The highest BCUT2D eigenvalue weighted by Gasteiger charge is 2.22. The average Bonchev–Trinajstić information content (AvgIpc) is 2.99. The second-order valence-corrected chi connectivity index (χ2v) is 6.52. The molecule has 21 heavy (non-hydrogen) atoms. The lowest BCUT2D eigenvalue weighted by Crippen LogP contribution is -2.26. The van der Waals surface area contributed by atoms with E-state index < -0.39 is 10.0 Å². The average molecular weight is 311 g/mol. The molecule has 114 valence electrons. The van der Waals surface area contributed by atoms with E-state index in [-0.39, 0.29) is 18.0 Å². The fourth-order valence-corrected chi connectivity index (χ4v) is 3.11. The summed E-state index contributed by atoms with van der Waals surface area (Å²) >= 11 is 0. The summed E-state index contributed by atoms with van der Waals surface area (Å²) in [6.45, 7) is -0.162. The van der Waals surface area contributed by atoms with Crippen LogP contribution in [0.15, 0.2) is 45.9 Å². The molecule has 1 aromatic heterocycles. The second-order valence-electron chi connectivity index (χ2n) is 4.47. The summed E-state index contributed by atoms with van der Waals surface area (Å²) in [6, 6.07) is 7.80. The van der Waals surface area contributed by atoms with E-state index >= 15 is 0 Å². The predicted molar refractivity (Wildman–Crippen MR) is 76.3 cm³/mol. The number of rotatable bonds is 6. The number of hydrogen-bond donors (Lipinski definition) is 1. The van der Waals surface area contributed by atoms with E-state index in [0.717, 1.165) is 0 Å². The van der Waals surface area contributed by atoms with Crippen LogP contribution in [0.4, 0.5) is 0 Å². The Kier molecular flexibility index (Phi) is 4.66. The van der Waals surface area contributed by atoms with Gasteiger partial charge in [-0.05, 0) is 30.3 Å². The van der Waals surface area contributed by atoms with Crippen molar-refractivity contribution in [1.82, 2.24) is 4.31 Å². The van der Waals surface area contributed by atoms with Crippen LogP contribution in [0.5, 0.6) is 5.75 Å². The molecule has 1 heterocycles. The molecule has 7 heteroatoms. The Labute approximate surface area is 123 Å². The number of aliphatic hydroxyl groups is 1. The van der Waals surface area contributed by atoms with Crippen LogP contribution in [0.25, 0.3) is 0 Å². The number of nitrogens with zero attached hydrogens (tertiary/aromatic N) is 1. The molecule has 6 nitrogen and oxygen atoms in total. The zero-order valence-electron chi connectivity index (χ0n) is 11.8. The van der Waals surface area contributed by atoms with Gasteiger partial charge in [0.1, 0.15) is 11.5 Å². The first-order chi connectivity index (χ1) is 9.98.